The largest absolute Gasteiger partial charge is 0.388 e. The summed E-state index contributed by atoms with van der Waals surface area (Å²) in [6.07, 6.45) is 3.33. The number of rotatable bonds is 4. The van der Waals surface area contributed by atoms with Crippen LogP contribution in [-0.2, 0) is 0 Å². The van der Waals surface area contributed by atoms with E-state index in [2.05, 4.69) is 19.9 Å². The first-order valence-corrected chi connectivity index (χ1v) is 7.20. The van der Waals surface area contributed by atoms with Gasteiger partial charge >= 0.3 is 0 Å². The minimum Gasteiger partial charge on any atom is -0.388 e. The van der Waals surface area contributed by atoms with Crippen molar-refractivity contribution in [2.75, 3.05) is 0 Å². The Kier molecular flexibility index (Phi) is 3.66. The molecule has 3 rings (SSSR count). The van der Waals surface area contributed by atoms with E-state index >= 15 is 0 Å². The summed E-state index contributed by atoms with van der Waals surface area (Å²) in [5.41, 5.74) is 2.39. The highest BCUT2D eigenvalue weighted by Crippen LogP contribution is 2.35. The minimum atomic E-state index is -0.460. The van der Waals surface area contributed by atoms with Crippen LogP contribution in [0.4, 0.5) is 0 Å². The molecule has 0 radical (unpaired) electrons. The Hall–Kier alpha value is -1.92. The molecular formula is C14H14N4OS. The van der Waals surface area contributed by atoms with E-state index in [9.17, 15) is 5.11 Å². The molecule has 0 saturated carbocycles. The lowest BCUT2D eigenvalue weighted by molar-refractivity contribution is 0.171. The smallest absolute Gasteiger partial charge is 0.181 e. The van der Waals surface area contributed by atoms with Gasteiger partial charge < -0.3 is 10.1 Å². The van der Waals surface area contributed by atoms with Gasteiger partial charge in [0.15, 0.2) is 5.65 Å². The maximum Gasteiger partial charge on any atom is 0.181 e. The maximum atomic E-state index is 10.1. The van der Waals surface area contributed by atoms with Gasteiger partial charge in [-0.2, -0.15) is 0 Å². The molecular weight excluding hydrogens is 272 g/mol. The number of nitrogens with zero attached hydrogens (tertiary/aromatic N) is 3. The average molecular weight is 286 g/mol. The monoisotopic (exact) mass is 286 g/mol. The fourth-order valence-electron chi connectivity index (χ4n) is 1.99. The van der Waals surface area contributed by atoms with Crippen molar-refractivity contribution in [2.24, 2.45) is 0 Å². The second-order valence-electron chi connectivity index (χ2n) is 4.34. The van der Waals surface area contributed by atoms with E-state index < -0.39 is 6.10 Å². The highest BCUT2D eigenvalue weighted by Gasteiger charge is 2.14. The number of imidazole rings is 1. The lowest BCUT2D eigenvalue weighted by Crippen LogP contribution is -1.97. The zero-order chi connectivity index (χ0) is 13.9. The molecule has 6 heteroatoms. The first-order valence-electron chi connectivity index (χ1n) is 6.38. The Morgan fingerprint density at radius 3 is 2.95 bits per heavy atom. The molecule has 102 valence electrons. The van der Waals surface area contributed by atoms with Gasteiger partial charge in [0.25, 0.3) is 0 Å². The van der Waals surface area contributed by atoms with Crippen molar-refractivity contribution >= 4 is 22.9 Å². The van der Waals surface area contributed by atoms with Crippen LogP contribution in [0.5, 0.6) is 0 Å². The van der Waals surface area contributed by atoms with Crippen molar-refractivity contribution < 1.29 is 5.11 Å². The van der Waals surface area contributed by atoms with Crippen LogP contribution in [0.1, 0.15) is 25.0 Å². The molecule has 2 aromatic heterocycles. The molecule has 1 unspecified atom stereocenters. The third kappa shape index (κ3) is 2.39. The number of hydrogen-bond acceptors (Lipinski definition) is 5. The quantitative estimate of drug-likeness (QED) is 0.721. The van der Waals surface area contributed by atoms with Crippen LogP contribution in [0, 0.1) is 0 Å². The van der Waals surface area contributed by atoms with Crippen LogP contribution in [0.3, 0.4) is 0 Å². The van der Waals surface area contributed by atoms with Gasteiger partial charge in [0.05, 0.1) is 12.4 Å². The normalized spacial score (nSPS) is 12.7. The fraction of sp³-hybridized carbons (Fsp3) is 0.214. The summed E-state index contributed by atoms with van der Waals surface area (Å²) in [7, 11) is 0. The Labute approximate surface area is 120 Å². The van der Waals surface area contributed by atoms with Gasteiger partial charge in [0.1, 0.15) is 16.9 Å². The molecule has 1 atom stereocenters. The predicted molar refractivity (Wildman–Crippen MR) is 77.5 cm³/mol. The van der Waals surface area contributed by atoms with Crippen molar-refractivity contribution in [2.45, 2.75) is 29.4 Å². The summed E-state index contributed by atoms with van der Waals surface area (Å²) < 4.78 is 0. The minimum absolute atomic E-state index is 0.460. The Balaban J connectivity index is 2.01. The summed E-state index contributed by atoms with van der Waals surface area (Å²) in [5.74, 6) is 0. The number of fused-ring (bicyclic) bond motifs is 1. The van der Waals surface area contributed by atoms with Gasteiger partial charge in [-0.05, 0) is 18.1 Å². The van der Waals surface area contributed by atoms with Crippen molar-refractivity contribution in [3.05, 3.63) is 42.5 Å². The highest BCUT2D eigenvalue weighted by atomic mass is 32.2. The second kappa shape index (κ2) is 5.60. The number of aromatic nitrogens is 4. The highest BCUT2D eigenvalue weighted by molar-refractivity contribution is 7.99. The summed E-state index contributed by atoms with van der Waals surface area (Å²) in [5, 5.41) is 10.9. The number of aliphatic hydroxyl groups is 1. The van der Waals surface area contributed by atoms with Crippen LogP contribution in [0.2, 0.25) is 0 Å². The number of hydrogen-bond donors (Lipinski definition) is 2. The number of aromatic amines is 1. The van der Waals surface area contributed by atoms with Crippen LogP contribution < -0.4 is 0 Å². The molecule has 5 nitrogen and oxygen atoms in total. The first kappa shape index (κ1) is 13.1. The van der Waals surface area contributed by atoms with Gasteiger partial charge in [0, 0.05) is 4.90 Å². The summed E-state index contributed by atoms with van der Waals surface area (Å²) in [6.45, 7) is 1.96. The van der Waals surface area contributed by atoms with Gasteiger partial charge in [-0.3, -0.25) is 0 Å². The van der Waals surface area contributed by atoms with E-state index in [-0.39, 0.29) is 0 Å². The summed E-state index contributed by atoms with van der Waals surface area (Å²) in [6, 6.07) is 7.83. The Morgan fingerprint density at radius 2 is 2.10 bits per heavy atom. The third-order valence-corrected chi connectivity index (χ3v) is 4.15. The van der Waals surface area contributed by atoms with Crippen LogP contribution in [-0.4, -0.2) is 25.0 Å². The molecule has 0 saturated heterocycles. The number of aliphatic hydroxyl groups excluding tert-OH is 1. The van der Waals surface area contributed by atoms with Crippen molar-refractivity contribution in [3.63, 3.8) is 0 Å². The van der Waals surface area contributed by atoms with E-state index in [1.165, 1.54) is 18.1 Å². The topological polar surface area (TPSA) is 74.7 Å². The van der Waals surface area contributed by atoms with Crippen molar-refractivity contribution in [1.82, 2.24) is 19.9 Å². The first-order chi connectivity index (χ1) is 9.79. The summed E-state index contributed by atoms with van der Waals surface area (Å²) >= 11 is 1.51. The lowest BCUT2D eigenvalue weighted by atomic mass is 10.1. The number of nitrogens with one attached hydrogen (secondary N) is 1. The lowest BCUT2D eigenvalue weighted by Gasteiger charge is -2.13. The molecule has 1 aromatic carbocycles. The SMILES string of the molecule is CCC(O)c1ccccc1Sc1ncnc2nc[nH]c12. The zero-order valence-corrected chi connectivity index (χ0v) is 11.8. The van der Waals surface area contributed by atoms with Crippen molar-refractivity contribution in [3.8, 4) is 0 Å². The van der Waals surface area contributed by atoms with Crippen LogP contribution >= 0.6 is 11.8 Å². The molecule has 2 N–H and O–H groups in total. The molecule has 0 spiro atoms. The Morgan fingerprint density at radius 1 is 1.25 bits per heavy atom. The van der Waals surface area contributed by atoms with Gasteiger partial charge in [-0.15, -0.1) is 0 Å². The third-order valence-electron chi connectivity index (χ3n) is 3.06. The van der Waals surface area contributed by atoms with E-state index in [0.29, 0.717) is 12.1 Å². The van der Waals surface area contributed by atoms with E-state index in [1.54, 1.807) is 6.33 Å². The number of H-pyrrole nitrogens is 1. The molecule has 0 aliphatic rings. The van der Waals surface area contributed by atoms with E-state index in [1.807, 2.05) is 31.2 Å². The molecule has 2 heterocycles. The average Bonchev–Trinajstić information content (AvgIpc) is 2.96. The van der Waals surface area contributed by atoms with Crippen LogP contribution in [0.15, 0.2) is 46.8 Å². The standard InChI is InChI=1S/C14H14N4OS/c1-2-10(19)9-5-3-4-6-11(9)20-14-12-13(16-7-15-12)17-8-18-14/h3-8,10,19H,2H2,1H3,(H,15,16,17,18). The number of benzene rings is 1. The second-order valence-corrected chi connectivity index (χ2v) is 5.37. The molecule has 0 aliphatic carbocycles. The maximum absolute atomic E-state index is 10.1. The molecule has 0 bridgehead atoms. The summed E-state index contributed by atoms with van der Waals surface area (Å²) in [4.78, 5) is 16.6. The Bertz CT molecular complexity index is 728. The molecule has 20 heavy (non-hydrogen) atoms. The fourth-order valence-corrected chi connectivity index (χ4v) is 3.02. The van der Waals surface area contributed by atoms with E-state index in [4.69, 9.17) is 0 Å². The van der Waals surface area contributed by atoms with E-state index in [0.717, 1.165) is 21.0 Å². The van der Waals surface area contributed by atoms with Crippen LogP contribution in [0.25, 0.3) is 11.2 Å². The molecule has 3 aromatic rings. The van der Waals surface area contributed by atoms with Crippen molar-refractivity contribution in [1.29, 1.82) is 0 Å². The molecule has 0 aliphatic heterocycles. The van der Waals surface area contributed by atoms with Gasteiger partial charge in [-0.1, -0.05) is 36.9 Å². The van der Waals surface area contributed by atoms with Gasteiger partial charge in [-0.25, -0.2) is 15.0 Å². The van der Waals surface area contributed by atoms with Gasteiger partial charge in [0.2, 0.25) is 0 Å². The predicted octanol–water partition coefficient (Wildman–Crippen LogP) is 2.95. The molecule has 0 amide bonds. The molecule has 0 fully saturated rings. The zero-order valence-electron chi connectivity index (χ0n) is 10.9.